The molecular formula is C12H15N5S. The van der Waals surface area contributed by atoms with Crippen LogP contribution < -0.4 is 5.73 Å². The fourth-order valence-electron chi connectivity index (χ4n) is 1.99. The van der Waals surface area contributed by atoms with Crippen molar-refractivity contribution >= 4 is 23.2 Å². The number of thioether (sulfide) groups is 1. The zero-order valence-corrected chi connectivity index (χ0v) is 11.5. The lowest BCUT2D eigenvalue weighted by atomic mass is 10.1. The number of nitrogens with zero attached hydrogens (tertiary/aromatic N) is 4. The zero-order chi connectivity index (χ0) is 13.3. The van der Waals surface area contributed by atoms with Crippen LogP contribution in [0.15, 0.2) is 5.03 Å². The van der Waals surface area contributed by atoms with Gasteiger partial charge >= 0.3 is 0 Å². The maximum absolute atomic E-state index is 9.14. The van der Waals surface area contributed by atoms with Crippen LogP contribution in [0.1, 0.15) is 30.2 Å². The van der Waals surface area contributed by atoms with Crippen LogP contribution in [0, 0.1) is 18.3 Å². The van der Waals surface area contributed by atoms with Crippen molar-refractivity contribution in [3.63, 3.8) is 0 Å². The standard InChI is InChI=1S/C12H15N5S/c1-4-5-8-7(2)16-17-10(14)9(6-13)12(18-3)15-11(8)17/h4-5,14H2,1-3H3. The van der Waals surface area contributed by atoms with E-state index in [9.17, 15) is 0 Å². The molecule has 2 rings (SSSR count). The number of anilines is 1. The van der Waals surface area contributed by atoms with E-state index >= 15 is 0 Å². The lowest BCUT2D eigenvalue weighted by molar-refractivity contribution is 0.904. The molecule has 2 aromatic heterocycles. The van der Waals surface area contributed by atoms with Gasteiger partial charge in [0, 0.05) is 5.56 Å². The quantitative estimate of drug-likeness (QED) is 0.676. The Morgan fingerprint density at radius 2 is 2.22 bits per heavy atom. The molecule has 2 aromatic rings. The summed E-state index contributed by atoms with van der Waals surface area (Å²) in [5.41, 5.74) is 9.23. The third-order valence-electron chi connectivity index (χ3n) is 2.87. The molecule has 0 bridgehead atoms. The largest absolute Gasteiger partial charge is 0.382 e. The first-order chi connectivity index (χ1) is 8.63. The monoisotopic (exact) mass is 261 g/mol. The Morgan fingerprint density at radius 1 is 1.50 bits per heavy atom. The van der Waals surface area contributed by atoms with E-state index in [2.05, 4.69) is 23.1 Å². The van der Waals surface area contributed by atoms with E-state index in [0.29, 0.717) is 16.4 Å². The van der Waals surface area contributed by atoms with Crippen LogP contribution in [0.2, 0.25) is 0 Å². The molecule has 18 heavy (non-hydrogen) atoms. The number of nitriles is 1. The van der Waals surface area contributed by atoms with Gasteiger partial charge in [-0.25, -0.2) is 4.98 Å². The van der Waals surface area contributed by atoms with E-state index in [-0.39, 0.29) is 0 Å². The summed E-state index contributed by atoms with van der Waals surface area (Å²) >= 11 is 1.43. The molecule has 6 heteroatoms. The van der Waals surface area contributed by atoms with E-state index in [1.54, 1.807) is 4.52 Å². The molecule has 0 fully saturated rings. The van der Waals surface area contributed by atoms with E-state index in [1.165, 1.54) is 11.8 Å². The SMILES string of the molecule is CCCc1c(C)nn2c(N)c(C#N)c(SC)nc12. The molecule has 94 valence electrons. The summed E-state index contributed by atoms with van der Waals surface area (Å²) in [4.78, 5) is 4.53. The molecule has 2 N–H and O–H groups in total. The van der Waals surface area contributed by atoms with Gasteiger partial charge in [0.25, 0.3) is 0 Å². The smallest absolute Gasteiger partial charge is 0.162 e. The van der Waals surface area contributed by atoms with Gasteiger partial charge < -0.3 is 5.73 Å². The minimum atomic E-state index is 0.373. The minimum absolute atomic E-state index is 0.373. The normalized spacial score (nSPS) is 10.8. The highest BCUT2D eigenvalue weighted by Crippen LogP contribution is 2.26. The number of fused-ring (bicyclic) bond motifs is 1. The molecular weight excluding hydrogens is 246 g/mol. The predicted molar refractivity (Wildman–Crippen MR) is 72.6 cm³/mol. The van der Waals surface area contributed by atoms with Gasteiger partial charge in [0.15, 0.2) is 5.65 Å². The van der Waals surface area contributed by atoms with Crippen molar-refractivity contribution in [2.45, 2.75) is 31.7 Å². The van der Waals surface area contributed by atoms with Crippen LogP contribution >= 0.6 is 11.8 Å². The second-order valence-electron chi connectivity index (χ2n) is 4.04. The maximum atomic E-state index is 9.14. The molecule has 0 aliphatic heterocycles. The summed E-state index contributed by atoms with van der Waals surface area (Å²) in [6.07, 6.45) is 3.84. The molecule has 0 amide bonds. The average molecular weight is 261 g/mol. The van der Waals surface area contributed by atoms with Gasteiger partial charge in [0.05, 0.1) is 5.69 Å². The molecule has 0 saturated heterocycles. The van der Waals surface area contributed by atoms with Gasteiger partial charge in [0.2, 0.25) is 0 Å². The van der Waals surface area contributed by atoms with Gasteiger partial charge in [-0.15, -0.1) is 11.8 Å². The topological polar surface area (TPSA) is 80.0 Å². The number of rotatable bonds is 3. The Morgan fingerprint density at radius 3 is 2.78 bits per heavy atom. The Bertz CT molecular complexity index is 638. The number of hydrogen-bond acceptors (Lipinski definition) is 5. The first-order valence-corrected chi connectivity index (χ1v) is 6.98. The highest BCUT2D eigenvalue weighted by atomic mass is 32.2. The summed E-state index contributed by atoms with van der Waals surface area (Å²) in [5.74, 6) is 0.373. The number of nitrogen functional groups attached to an aromatic ring is 1. The summed E-state index contributed by atoms with van der Waals surface area (Å²) in [5, 5.41) is 14.2. The number of aromatic nitrogens is 3. The first kappa shape index (κ1) is 12.7. The van der Waals surface area contributed by atoms with Crippen molar-refractivity contribution in [3.8, 4) is 6.07 Å². The Labute approximate surface area is 110 Å². The highest BCUT2D eigenvalue weighted by Gasteiger charge is 2.17. The number of hydrogen-bond donors (Lipinski definition) is 1. The Hall–Kier alpha value is -1.74. The van der Waals surface area contributed by atoms with Gasteiger partial charge in [-0.1, -0.05) is 13.3 Å². The lowest BCUT2D eigenvalue weighted by Crippen LogP contribution is -2.05. The van der Waals surface area contributed by atoms with Crippen molar-refractivity contribution < 1.29 is 0 Å². The second-order valence-corrected chi connectivity index (χ2v) is 4.84. The van der Waals surface area contributed by atoms with E-state index in [1.807, 2.05) is 13.2 Å². The van der Waals surface area contributed by atoms with Crippen LogP contribution in [0.5, 0.6) is 0 Å². The molecule has 0 spiro atoms. The lowest BCUT2D eigenvalue weighted by Gasteiger charge is -2.06. The van der Waals surface area contributed by atoms with Crippen LogP contribution in [0.4, 0.5) is 5.82 Å². The fraction of sp³-hybridized carbons (Fsp3) is 0.417. The van der Waals surface area contributed by atoms with E-state index in [0.717, 1.165) is 29.7 Å². The van der Waals surface area contributed by atoms with Crippen molar-refractivity contribution in [1.29, 1.82) is 5.26 Å². The minimum Gasteiger partial charge on any atom is -0.382 e. The molecule has 2 heterocycles. The van der Waals surface area contributed by atoms with Crippen LogP contribution in [0.25, 0.3) is 5.65 Å². The Balaban J connectivity index is 2.82. The second kappa shape index (κ2) is 4.86. The molecule has 0 atom stereocenters. The predicted octanol–water partition coefficient (Wildman–Crippen LogP) is 2.17. The molecule has 0 aliphatic rings. The zero-order valence-electron chi connectivity index (χ0n) is 10.7. The molecule has 0 unspecified atom stereocenters. The van der Waals surface area contributed by atoms with Gasteiger partial charge in [-0.3, -0.25) is 0 Å². The van der Waals surface area contributed by atoms with Crippen molar-refractivity contribution in [2.24, 2.45) is 0 Å². The van der Waals surface area contributed by atoms with Crippen LogP contribution in [-0.4, -0.2) is 20.9 Å². The van der Waals surface area contributed by atoms with Gasteiger partial charge in [-0.05, 0) is 19.6 Å². The van der Waals surface area contributed by atoms with Crippen molar-refractivity contribution in [2.75, 3.05) is 12.0 Å². The van der Waals surface area contributed by atoms with Gasteiger partial charge in [-0.2, -0.15) is 14.9 Å². The summed E-state index contributed by atoms with van der Waals surface area (Å²) in [6, 6.07) is 2.10. The molecule has 0 aromatic carbocycles. The van der Waals surface area contributed by atoms with Crippen molar-refractivity contribution in [3.05, 3.63) is 16.8 Å². The summed E-state index contributed by atoms with van der Waals surface area (Å²) in [7, 11) is 0. The third-order valence-corrected chi connectivity index (χ3v) is 3.55. The van der Waals surface area contributed by atoms with Crippen LogP contribution in [-0.2, 0) is 6.42 Å². The van der Waals surface area contributed by atoms with Crippen LogP contribution in [0.3, 0.4) is 0 Å². The highest BCUT2D eigenvalue weighted by molar-refractivity contribution is 7.98. The van der Waals surface area contributed by atoms with Gasteiger partial charge in [0.1, 0.15) is 22.5 Å². The third kappa shape index (κ3) is 1.81. The molecule has 0 saturated carbocycles. The summed E-state index contributed by atoms with van der Waals surface area (Å²) < 4.78 is 1.58. The van der Waals surface area contributed by atoms with E-state index < -0.39 is 0 Å². The molecule has 0 radical (unpaired) electrons. The molecule has 5 nitrogen and oxygen atoms in total. The maximum Gasteiger partial charge on any atom is 0.162 e. The number of nitrogens with two attached hydrogens (primary N) is 1. The summed E-state index contributed by atoms with van der Waals surface area (Å²) in [6.45, 7) is 4.06. The van der Waals surface area contributed by atoms with Crippen molar-refractivity contribution in [1.82, 2.24) is 14.6 Å². The number of aryl methyl sites for hydroxylation is 2. The Kier molecular flexibility index (Phi) is 3.43. The fourth-order valence-corrected chi connectivity index (χ4v) is 2.53. The average Bonchev–Trinajstić information content (AvgIpc) is 2.67. The molecule has 0 aliphatic carbocycles. The first-order valence-electron chi connectivity index (χ1n) is 5.75. The van der Waals surface area contributed by atoms with E-state index in [4.69, 9.17) is 11.0 Å².